The van der Waals surface area contributed by atoms with E-state index in [0.29, 0.717) is 17.2 Å². The van der Waals surface area contributed by atoms with Crippen molar-refractivity contribution in [3.05, 3.63) is 69.5 Å². The largest absolute Gasteiger partial charge is 0.394 e. The second kappa shape index (κ2) is 10.4. The van der Waals surface area contributed by atoms with Crippen LogP contribution in [0.4, 0.5) is 21.6 Å². The van der Waals surface area contributed by atoms with Crippen LogP contribution >= 0.6 is 11.6 Å². The summed E-state index contributed by atoms with van der Waals surface area (Å²) in [5, 5.41) is 24.4. The standard InChI is InChI=1S/C22H23ClFN5O4/c1-29(2)20-19(8-15(21(32)28-20)14-7-12(23)3-4-17(14)24)27-18-5-6-25-9-16(18)22(33)26-13(10-30)11-31/h3-9,13,30-31H,10-11H2,1-2H3,(H,25,27)(H,26,33)(H,28,32). The van der Waals surface area contributed by atoms with E-state index < -0.39 is 36.5 Å². The van der Waals surface area contributed by atoms with Gasteiger partial charge in [0.1, 0.15) is 11.6 Å². The van der Waals surface area contributed by atoms with E-state index in [9.17, 15) is 24.2 Å². The van der Waals surface area contributed by atoms with Crippen LogP contribution in [0.2, 0.25) is 5.02 Å². The van der Waals surface area contributed by atoms with Gasteiger partial charge < -0.3 is 30.7 Å². The molecule has 0 unspecified atom stereocenters. The van der Waals surface area contributed by atoms with Gasteiger partial charge in [0, 0.05) is 37.1 Å². The molecule has 3 aromatic rings. The van der Waals surface area contributed by atoms with E-state index in [1.165, 1.54) is 36.7 Å². The summed E-state index contributed by atoms with van der Waals surface area (Å²) < 4.78 is 14.5. The Labute approximate surface area is 193 Å². The summed E-state index contributed by atoms with van der Waals surface area (Å²) in [4.78, 5) is 33.8. The number of aliphatic hydroxyl groups is 2. The number of nitrogens with one attached hydrogen (secondary N) is 3. The first-order valence-corrected chi connectivity index (χ1v) is 10.3. The summed E-state index contributed by atoms with van der Waals surface area (Å²) in [5.41, 5.74) is 0.407. The Balaban J connectivity index is 2.08. The minimum Gasteiger partial charge on any atom is -0.394 e. The molecule has 0 aliphatic rings. The number of hydrogen-bond acceptors (Lipinski definition) is 7. The van der Waals surface area contributed by atoms with E-state index in [1.807, 2.05) is 0 Å². The molecule has 1 aromatic carbocycles. The van der Waals surface area contributed by atoms with Crippen molar-refractivity contribution in [1.82, 2.24) is 15.3 Å². The van der Waals surface area contributed by atoms with Crippen molar-refractivity contribution >= 4 is 34.7 Å². The molecule has 0 fully saturated rings. The number of aliphatic hydroxyl groups excluding tert-OH is 2. The maximum Gasteiger partial charge on any atom is 0.257 e. The van der Waals surface area contributed by atoms with Crippen LogP contribution in [0.3, 0.4) is 0 Å². The Kier molecular flexibility index (Phi) is 7.64. The number of rotatable bonds is 8. The number of aromatic amines is 1. The summed E-state index contributed by atoms with van der Waals surface area (Å²) >= 11 is 6.00. The second-order valence-corrected chi connectivity index (χ2v) is 7.81. The number of H-pyrrole nitrogens is 1. The quantitative estimate of drug-likeness (QED) is 0.337. The van der Waals surface area contributed by atoms with Crippen molar-refractivity contribution in [3.63, 3.8) is 0 Å². The van der Waals surface area contributed by atoms with Gasteiger partial charge in [-0.25, -0.2) is 4.39 Å². The van der Waals surface area contributed by atoms with Gasteiger partial charge in [0.15, 0.2) is 0 Å². The first-order valence-electron chi connectivity index (χ1n) is 9.88. The summed E-state index contributed by atoms with van der Waals surface area (Å²) in [6.45, 7) is -0.880. The minimum absolute atomic E-state index is 0.0264. The Morgan fingerprint density at radius 2 is 1.91 bits per heavy atom. The average molecular weight is 476 g/mol. The summed E-state index contributed by atoms with van der Waals surface area (Å²) in [5.74, 6) is -0.801. The molecule has 0 atom stereocenters. The number of amides is 1. The van der Waals surface area contributed by atoms with E-state index in [1.54, 1.807) is 25.1 Å². The molecule has 3 rings (SSSR count). The van der Waals surface area contributed by atoms with Gasteiger partial charge in [0.2, 0.25) is 0 Å². The number of carbonyl (C=O) groups excluding carboxylic acids is 1. The summed E-state index contributed by atoms with van der Waals surface area (Å²) in [6, 6.07) is 6.09. The Morgan fingerprint density at radius 3 is 2.58 bits per heavy atom. The van der Waals surface area contributed by atoms with Crippen LogP contribution in [-0.2, 0) is 0 Å². The number of anilines is 3. The maximum absolute atomic E-state index is 14.5. The third-order valence-corrected chi connectivity index (χ3v) is 5.03. The van der Waals surface area contributed by atoms with E-state index in [4.69, 9.17) is 11.6 Å². The van der Waals surface area contributed by atoms with Crippen LogP contribution in [0.25, 0.3) is 11.1 Å². The topological polar surface area (TPSA) is 131 Å². The van der Waals surface area contributed by atoms with Crippen molar-refractivity contribution < 1.29 is 19.4 Å². The zero-order valence-electron chi connectivity index (χ0n) is 17.9. The average Bonchev–Trinajstić information content (AvgIpc) is 2.80. The highest BCUT2D eigenvalue weighted by molar-refractivity contribution is 6.30. The fourth-order valence-electron chi connectivity index (χ4n) is 3.11. The highest BCUT2D eigenvalue weighted by Crippen LogP contribution is 2.31. The lowest BCUT2D eigenvalue weighted by Gasteiger charge is -2.21. The van der Waals surface area contributed by atoms with Crippen LogP contribution in [0, 0.1) is 5.82 Å². The fourth-order valence-corrected chi connectivity index (χ4v) is 3.29. The maximum atomic E-state index is 14.5. The van der Waals surface area contributed by atoms with Gasteiger partial charge in [-0.2, -0.15) is 0 Å². The van der Waals surface area contributed by atoms with Gasteiger partial charge in [0.05, 0.1) is 41.8 Å². The first-order chi connectivity index (χ1) is 15.7. The molecule has 5 N–H and O–H groups in total. The number of aromatic nitrogens is 2. The molecule has 2 aromatic heterocycles. The molecule has 0 radical (unpaired) electrons. The van der Waals surface area contributed by atoms with Crippen molar-refractivity contribution in [2.75, 3.05) is 37.5 Å². The lowest BCUT2D eigenvalue weighted by Crippen LogP contribution is -2.40. The van der Waals surface area contributed by atoms with Crippen LogP contribution in [-0.4, -0.2) is 59.4 Å². The molecule has 9 nitrogen and oxygen atoms in total. The Bertz CT molecular complexity index is 1210. The van der Waals surface area contributed by atoms with Crippen molar-refractivity contribution in [1.29, 1.82) is 0 Å². The highest BCUT2D eigenvalue weighted by atomic mass is 35.5. The van der Waals surface area contributed by atoms with Gasteiger partial charge in [-0.3, -0.25) is 14.6 Å². The predicted octanol–water partition coefficient (Wildman–Crippen LogP) is 2.12. The lowest BCUT2D eigenvalue weighted by atomic mass is 10.1. The van der Waals surface area contributed by atoms with Gasteiger partial charge in [0.25, 0.3) is 11.5 Å². The van der Waals surface area contributed by atoms with Crippen LogP contribution in [0.5, 0.6) is 0 Å². The predicted molar refractivity (Wildman–Crippen MR) is 125 cm³/mol. The molecule has 0 aliphatic carbocycles. The molecule has 11 heteroatoms. The molecule has 174 valence electrons. The normalized spacial score (nSPS) is 10.9. The van der Waals surface area contributed by atoms with Gasteiger partial charge >= 0.3 is 0 Å². The fraction of sp³-hybridized carbons (Fsp3) is 0.227. The summed E-state index contributed by atoms with van der Waals surface area (Å²) in [7, 11) is 3.42. The van der Waals surface area contributed by atoms with Crippen LogP contribution in [0.15, 0.2) is 47.5 Å². The zero-order valence-corrected chi connectivity index (χ0v) is 18.7. The third kappa shape index (κ3) is 5.48. The van der Waals surface area contributed by atoms with Crippen molar-refractivity contribution in [3.8, 4) is 11.1 Å². The van der Waals surface area contributed by atoms with Crippen molar-refractivity contribution in [2.45, 2.75) is 6.04 Å². The number of halogens is 2. The Hall–Kier alpha value is -3.47. The highest BCUT2D eigenvalue weighted by Gasteiger charge is 2.19. The number of nitrogens with zero attached hydrogens (tertiary/aromatic N) is 2. The molecule has 0 saturated heterocycles. The number of hydrogen-bond donors (Lipinski definition) is 5. The van der Waals surface area contributed by atoms with Crippen molar-refractivity contribution in [2.24, 2.45) is 0 Å². The zero-order chi connectivity index (χ0) is 24.1. The third-order valence-electron chi connectivity index (χ3n) is 4.80. The molecule has 33 heavy (non-hydrogen) atoms. The van der Waals surface area contributed by atoms with E-state index in [-0.39, 0.29) is 21.7 Å². The second-order valence-electron chi connectivity index (χ2n) is 7.37. The van der Waals surface area contributed by atoms with Crippen LogP contribution in [0.1, 0.15) is 10.4 Å². The first kappa shape index (κ1) is 24.2. The number of benzene rings is 1. The minimum atomic E-state index is -0.839. The van der Waals surface area contributed by atoms with Gasteiger partial charge in [-0.05, 0) is 30.3 Å². The van der Waals surface area contributed by atoms with E-state index in [0.717, 1.165) is 0 Å². The Morgan fingerprint density at radius 1 is 1.18 bits per heavy atom. The molecular formula is C22H23ClFN5O4. The van der Waals surface area contributed by atoms with E-state index >= 15 is 0 Å². The molecule has 0 spiro atoms. The summed E-state index contributed by atoms with van der Waals surface area (Å²) in [6.07, 6.45) is 2.79. The lowest BCUT2D eigenvalue weighted by molar-refractivity contribution is 0.0880. The SMILES string of the molecule is CN(C)c1[nH]c(=O)c(-c2cc(Cl)ccc2F)cc1Nc1ccncc1C(=O)NC(CO)CO. The van der Waals surface area contributed by atoms with Gasteiger partial charge in [-0.1, -0.05) is 11.6 Å². The smallest absolute Gasteiger partial charge is 0.257 e. The molecule has 2 heterocycles. The molecule has 0 aliphatic heterocycles. The molecule has 0 bridgehead atoms. The number of carbonyl (C=O) groups is 1. The molecule has 0 saturated carbocycles. The number of pyridine rings is 2. The monoisotopic (exact) mass is 475 g/mol. The van der Waals surface area contributed by atoms with Gasteiger partial charge in [-0.15, -0.1) is 0 Å². The molecular weight excluding hydrogens is 453 g/mol. The van der Waals surface area contributed by atoms with E-state index in [2.05, 4.69) is 20.6 Å². The molecule has 1 amide bonds. The van der Waals surface area contributed by atoms with Crippen LogP contribution < -0.4 is 21.1 Å².